The summed E-state index contributed by atoms with van der Waals surface area (Å²) in [4.78, 5) is 0. The van der Waals surface area contributed by atoms with E-state index in [1.807, 2.05) is 0 Å². The molecule has 1 rings (SSSR count). The van der Waals surface area contributed by atoms with Crippen molar-refractivity contribution in [1.82, 2.24) is 0 Å². The van der Waals surface area contributed by atoms with Crippen molar-refractivity contribution in [2.75, 3.05) is 0 Å². The van der Waals surface area contributed by atoms with E-state index in [-0.39, 0.29) is 18.9 Å². The number of halogens is 6. The molecule has 1 fully saturated rings. The molecule has 8 heteroatoms. The van der Waals surface area contributed by atoms with Crippen molar-refractivity contribution in [3.63, 3.8) is 0 Å². The van der Waals surface area contributed by atoms with E-state index in [1.165, 1.54) is 0 Å². The van der Waals surface area contributed by atoms with Crippen molar-refractivity contribution in [2.45, 2.75) is 37.6 Å². The number of alkyl halides is 2. The quantitative estimate of drug-likeness (QED) is 0.279. The van der Waals surface area contributed by atoms with Gasteiger partial charge in [-0.3, -0.25) is 0 Å². The maximum absolute atomic E-state index is 12.3. The molecule has 0 atom stereocenters. The van der Waals surface area contributed by atoms with Crippen LogP contribution in [0.15, 0.2) is 0 Å². The van der Waals surface area contributed by atoms with Gasteiger partial charge in [-0.2, -0.15) is 0 Å². The molecule has 2 N–H and O–H groups in total. The molecule has 1 saturated carbocycles. The predicted molar refractivity (Wildman–Crippen MR) is 93.2 cm³/mol. The molecule has 0 saturated heterocycles. The summed E-state index contributed by atoms with van der Waals surface area (Å²) in [5.41, 5.74) is 5.42. The molecule has 0 bridgehead atoms. The van der Waals surface area contributed by atoms with Crippen LogP contribution >= 0.6 is 71.0 Å². The van der Waals surface area contributed by atoms with Gasteiger partial charge >= 0.3 is 75.0 Å². The summed E-state index contributed by atoms with van der Waals surface area (Å²) in [5, 5.41) is 0. The second-order valence-corrected chi connectivity index (χ2v) is 172. The van der Waals surface area contributed by atoms with E-state index in [1.54, 1.807) is 0 Å². The van der Waals surface area contributed by atoms with Crippen molar-refractivity contribution in [3.05, 3.63) is 0 Å². The van der Waals surface area contributed by atoms with E-state index < -0.39 is 9.92 Å². The van der Waals surface area contributed by atoms with Gasteiger partial charge in [0.25, 0.3) is 0 Å². The molecular formula is C6H11F2I4NPb. The predicted octanol–water partition coefficient (Wildman–Crippen LogP) is 4.69. The summed E-state index contributed by atoms with van der Waals surface area (Å²) in [5.74, 6) is -2.42. The minimum absolute atomic E-state index is 0.0182. The van der Waals surface area contributed by atoms with Gasteiger partial charge in [0.2, 0.25) is 5.92 Å². The molecule has 0 aromatic heterocycles. The Morgan fingerprint density at radius 2 is 1.36 bits per heavy atom. The second kappa shape index (κ2) is 7.96. The average Bonchev–Trinajstić information content (AvgIpc) is 1.92. The normalized spacial score (nSPS) is 22.5. The van der Waals surface area contributed by atoms with Crippen molar-refractivity contribution < 1.29 is 8.78 Å². The number of rotatable bonds is 0. The van der Waals surface area contributed by atoms with Gasteiger partial charge in [0.05, 0.1) is 0 Å². The summed E-state index contributed by atoms with van der Waals surface area (Å²) >= 11 is 10.2. The fourth-order valence-electron chi connectivity index (χ4n) is 1.06. The van der Waals surface area contributed by atoms with E-state index in [2.05, 4.69) is 71.0 Å². The fraction of sp³-hybridized carbons (Fsp3) is 1.00. The number of hydrogen-bond donors (Lipinski definition) is 1. The minimum atomic E-state index is -2.42. The molecule has 1 aliphatic rings. The van der Waals surface area contributed by atoms with Crippen LogP contribution in [0.1, 0.15) is 25.7 Å². The molecule has 14 heavy (non-hydrogen) atoms. The van der Waals surface area contributed by atoms with Crippen LogP contribution in [-0.2, 0) is 0 Å². The molecule has 86 valence electrons. The molecule has 0 radical (unpaired) electrons. The summed E-state index contributed by atoms with van der Waals surface area (Å²) in [6.07, 6.45) is 0.919. The molecule has 0 aromatic carbocycles. The van der Waals surface area contributed by atoms with Crippen molar-refractivity contribution >= 4 is 75.0 Å². The molecule has 0 heterocycles. The van der Waals surface area contributed by atoms with Gasteiger partial charge in [-0.05, 0) is 12.8 Å². The molecular weight excluding hydrogens is 839 g/mol. The van der Waals surface area contributed by atoms with Gasteiger partial charge < -0.3 is 5.73 Å². The number of hydrogen-bond acceptors (Lipinski definition) is 1. The van der Waals surface area contributed by atoms with Gasteiger partial charge in [-0.15, -0.1) is 0 Å². The molecule has 0 spiro atoms. The summed E-state index contributed by atoms with van der Waals surface area (Å²) in [6.45, 7) is 0. The Morgan fingerprint density at radius 1 is 1.07 bits per heavy atom. The second-order valence-electron chi connectivity index (χ2n) is 3.12. The molecule has 0 unspecified atom stereocenters. The molecule has 0 aliphatic heterocycles. The first-order valence-corrected chi connectivity index (χ1v) is 47.7. The molecule has 1 aliphatic carbocycles. The van der Waals surface area contributed by atoms with Crippen LogP contribution in [0.4, 0.5) is 8.78 Å². The van der Waals surface area contributed by atoms with Gasteiger partial charge in [-0.25, -0.2) is 8.78 Å². The topological polar surface area (TPSA) is 26.0 Å². The van der Waals surface area contributed by atoms with Crippen molar-refractivity contribution in [2.24, 2.45) is 5.73 Å². The Hall–Kier alpha value is 3.66. The van der Waals surface area contributed by atoms with Crippen LogP contribution in [0.3, 0.4) is 0 Å². The Balaban J connectivity index is 0.000000292. The fourth-order valence-corrected chi connectivity index (χ4v) is 1.06. The molecule has 0 aromatic rings. The first-order valence-electron chi connectivity index (χ1n) is 3.99. The van der Waals surface area contributed by atoms with Crippen molar-refractivity contribution in [1.29, 1.82) is 0 Å². The van der Waals surface area contributed by atoms with E-state index in [9.17, 15) is 8.78 Å². The first-order chi connectivity index (χ1) is 6.10. The Bertz CT molecular complexity index is 160. The zero-order valence-corrected chi connectivity index (χ0v) is 19.8. The van der Waals surface area contributed by atoms with Crippen molar-refractivity contribution in [3.8, 4) is 0 Å². The van der Waals surface area contributed by atoms with Gasteiger partial charge in [0.1, 0.15) is 0 Å². The van der Waals surface area contributed by atoms with E-state index in [4.69, 9.17) is 5.73 Å². The average molecular weight is 850 g/mol. The monoisotopic (exact) mass is 851 g/mol. The Morgan fingerprint density at radius 3 is 1.57 bits per heavy atom. The first kappa shape index (κ1) is 17.7. The van der Waals surface area contributed by atoms with Crippen LogP contribution in [0.25, 0.3) is 0 Å². The van der Waals surface area contributed by atoms with Crippen LogP contribution in [-0.4, -0.2) is 16.0 Å². The van der Waals surface area contributed by atoms with Crippen LogP contribution in [0.2, 0.25) is 0 Å². The van der Waals surface area contributed by atoms with E-state index in [0.717, 1.165) is 0 Å². The Labute approximate surface area is 124 Å². The molecule has 0 amide bonds. The van der Waals surface area contributed by atoms with E-state index in [0.29, 0.717) is 12.8 Å². The Kier molecular flexibility index (Phi) is 10.0. The van der Waals surface area contributed by atoms with E-state index >= 15 is 0 Å². The summed E-state index contributed by atoms with van der Waals surface area (Å²) in [6, 6.07) is 0.0182. The summed E-state index contributed by atoms with van der Waals surface area (Å²) < 4.78 is 23.2. The van der Waals surface area contributed by atoms with Gasteiger partial charge in [0.15, 0.2) is 0 Å². The maximum atomic E-state index is 12.3. The third-order valence-electron chi connectivity index (χ3n) is 1.76. The zero-order chi connectivity index (χ0) is 11.4. The van der Waals surface area contributed by atoms with Gasteiger partial charge in [-0.1, -0.05) is 0 Å². The van der Waals surface area contributed by atoms with Crippen LogP contribution < -0.4 is 5.73 Å². The third kappa shape index (κ3) is 13.7. The standard InChI is InChI=1S/C6H11F2N.4HI.Pb/c7-6(8)3-1-5(9)2-4-6;;;;;/h5H,1-4,9H2;4*1H;/q;;;;;+4/p-4. The third-order valence-corrected chi connectivity index (χ3v) is 1.76. The number of nitrogens with two attached hydrogens (primary N) is 1. The SMILES string of the molecule is NC1CCC(F)(F)CC1.[I][Pb]([I])([I])[I]. The zero-order valence-electron chi connectivity index (χ0n) is 7.25. The van der Waals surface area contributed by atoms with Crippen LogP contribution in [0, 0.1) is 0 Å². The van der Waals surface area contributed by atoms with Gasteiger partial charge in [0, 0.05) is 18.9 Å². The molecule has 1 nitrogen and oxygen atoms in total. The summed E-state index contributed by atoms with van der Waals surface area (Å²) in [7, 11) is 0. The van der Waals surface area contributed by atoms with Crippen LogP contribution in [0.5, 0.6) is 0 Å².